The molecule has 0 radical (unpaired) electrons. The van der Waals surface area contributed by atoms with Gasteiger partial charge >= 0.3 is 0 Å². The SMILES string of the molecule is CN(C)c1ccc2nnc(C3CCN(Cc4c5c(nn4C)CCC5)CC3)n2n1. The Kier molecular flexibility index (Phi) is 4.30. The van der Waals surface area contributed by atoms with E-state index in [-0.39, 0.29) is 0 Å². The van der Waals surface area contributed by atoms with E-state index < -0.39 is 0 Å². The van der Waals surface area contributed by atoms with Crippen molar-refractivity contribution in [2.24, 2.45) is 7.05 Å². The van der Waals surface area contributed by atoms with Crippen LogP contribution in [0.5, 0.6) is 0 Å². The zero-order valence-electron chi connectivity index (χ0n) is 17.0. The quantitative estimate of drug-likeness (QED) is 0.687. The fourth-order valence-corrected chi connectivity index (χ4v) is 4.63. The van der Waals surface area contributed by atoms with Gasteiger partial charge in [-0.1, -0.05) is 0 Å². The van der Waals surface area contributed by atoms with Crippen molar-refractivity contribution in [3.8, 4) is 0 Å². The van der Waals surface area contributed by atoms with E-state index in [9.17, 15) is 0 Å². The molecule has 0 N–H and O–H groups in total. The number of anilines is 1. The molecule has 4 heterocycles. The van der Waals surface area contributed by atoms with E-state index >= 15 is 0 Å². The van der Waals surface area contributed by atoms with E-state index in [0.29, 0.717) is 5.92 Å². The molecule has 0 unspecified atom stereocenters. The Morgan fingerprint density at radius 2 is 1.89 bits per heavy atom. The van der Waals surface area contributed by atoms with E-state index in [2.05, 4.69) is 26.8 Å². The smallest absolute Gasteiger partial charge is 0.178 e. The van der Waals surface area contributed by atoms with E-state index in [0.717, 1.165) is 56.2 Å². The molecule has 3 aromatic heterocycles. The van der Waals surface area contributed by atoms with Gasteiger partial charge in [0.25, 0.3) is 0 Å². The second-order valence-electron chi connectivity index (χ2n) is 8.31. The molecule has 28 heavy (non-hydrogen) atoms. The van der Waals surface area contributed by atoms with Crippen LogP contribution in [0.15, 0.2) is 12.1 Å². The molecule has 3 aromatic rings. The summed E-state index contributed by atoms with van der Waals surface area (Å²) in [6.07, 6.45) is 5.78. The Bertz CT molecular complexity index is 993. The molecule has 1 saturated heterocycles. The van der Waals surface area contributed by atoms with Crippen LogP contribution < -0.4 is 4.90 Å². The van der Waals surface area contributed by atoms with Crippen molar-refractivity contribution >= 4 is 11.5 Å². The molecule has 8 nitrogen and oxygen atoms in total. The molecular formula is C20H28N8. The molecule has 0 aromatic carbocycles. The van der Waals surface area contributed by atoms with Crippen LogP contribution in [0.3, 0.4) is 0 Å². The number of fused-ring (bicyclic) bond motifs is 2. The zero-order valence-corrected chi connectivity index (χ0v) is 17.0. The lowest BCUT2D eigenvalue weighted by Crippen LogP contribution is -2.34. The molecule has 0 spiro atoms. The minimum absolute atomic E-state index is 0.411. The summed E-state index contributed by atoms with van der Waals surface area (Å²) in [5, 5.41) is 18.3. The summed E-state index contributed by atoms with van der Waals surface area (Å²) >= 11 is 0. The number of nitrogens with zero attached hydrogens (tertiary/aromatic N) is 8. The van der Waals surface area contributed by atoms with Crippen LogP contribution in [0.2, 0.25) is 0 Å². The number of piperidine rings is 1. The van der Waals surface area contributed by atoms with Crippen LogP contribution in [0, 0.1) is 0 Å². The van der Waals surface area contributed by atoms with Gasteiger partial charge in [0.2, 0.25) is 0 Å². The van der Waals surface area contributed by atoms with Gasteiger partial charge in [0, 0.05) is 33.6 Å². The van der Waals surface area contributed by atoms with Gasteiger partial charge in [-0.25, -0.2) is 0 Å². The molecule has 1 aliphatic heterocycles. The van der Waals surface area contributed by atoms with Crippen LogP contribution in [0.1, 0.15) is 48.0 Å². The predicted molar refractivity (Wildman–Crippen MR) is 108 cm³/mol. The van der Waals surface area contributed by atoms with Gasteiger partial charge in [-0.2, -0.15) is 9.61 Å². The Morgan fingerprint density at radius 1 is 1.07 bits per heavy atom. The van der Waals surface area contributed by atoms with Crippen LogP contribution >= 0.6 is 0 Å². The number of rotatable bonds is 4. The van der Waals surface area contributed by atoms with Crippen molar-refractivity contribution in [2.75, 3.05) is 32.1 Å². The summed E-state index contributed by atoms with van der Waals surface area (Å²) in [7, 11) is 6.11. The summed E-state index contributed by atoms with van der Waals surface area (Å²) in [5.74, 6) is 2.34. The molecule has 5 rings (SSSR count). The lowest BCUT2D eigenvalue weighted by atomic mass is 9.96. The van der Waals surface area contributed by atoms with Crippen molar-refractivity contribution in [1.29, 1.82) is 0 Å². The fraction of sp³-hybridized carbons (Fsp3) is 0.600. The van der Waals surface area contributed by atoms with Gasteiger partial charge < -0.3 is 4.90 Å². The second kappa shape index (κ2) is 6.84. The third kappa shape index (κ3) is 2.96. The maximum Gasteiger partial charge on any atom is 0.178 e. The number of hydrogen-bond acceptors (Lipinski definition) is 6. The lowest BCUT2D eigenvalue weighted by molar-refractivity contribution is 0.196. The van der Waals surface area contributed by atoms with Gasteiger partial charge in [0.1, 0.15) is 5.82 Å². The number of aromatic nitrogens is 6. The first-order chi connectivity index (χ1) is 13.6. The molecule has 0 saturated carbocycles. The van der Waals surface area contributed by atoms with Crippen LogP contribution in [-0.4, -0.2) is 61.7 Å². The maximum absolute atomic E-state index is 4.73. The molecular weight excluding hydrogens is 352 g/mol. The highest BCUT2D eigenvalue weighted by Gasteiger charge is 2.27. The summed E-state index contributed by atoms with van der Waals surface area (Å²) < 4.78 is 4.04. The van der Waals surface area contributed by atoms with Gasteiger partial charge in [-0.15, -0.1) is 15.3 Å². The standard InChI is InChI=1S/C20H28N8/c1-25(2)19-8-7-18-21-22-20(28(18)24-19)14-9-11-27(12-10-14)13-17-15-5-4-6-16(15)23-26(17)3/h7-8,14H,4-6,9-13H2,1-3H3. The van der Waals surface area contributed by atoms with Crippen LogP contribution in [0.4, 0.5) is 5.82 Å². The van der Waals surface area contributed by atoms with Crippen molar-refractivity contribution in [3.05, 3.63) is 34.9 Å². The van der Waals surface area contributed by atoms with Gasteiger partial charge in [0.05, 0.1) is 11.4 Å². The van der Waals surface area contributed by atoms with Crippen molar-refractivity contribution in [2.45, 2.75) is 44.6 Å². The Hall–Kier alpha value is -2.48. The highest BCUT2D eigenvalue weighted by atomic mass is 15.4. The maximum atomic E-state index is 4.73. The minimum Gasteiger partial charge on any atom is -0.361 e. The Labute approximate surface area is 165 Å². The summed E-state index contributed by atoms with van der Waals surface area (Å²) in [4.78, 5) is 4.58. The topological polar surface area (TPSA) is 67.4 Å². The minimum atomic E-state index is 0.411. The van der Waals surface area contributed by atoms with Crippen molar-refractivity contribution in [3.63, 3.8) is 0 Å². The molecule has 1 fully saturated rings. The fourth-order valence-electron chi connectivity index (χ4n) is 4.63. The molecule has 0 amide bonds. The number of hydrogen-bond donors (Lipinski definition) is 0. The Morgan fingerprint density at radius 3 is 2.68 bits per heavy atom. The zero-order chi connectivity index (χ0) is 19.3. The summed E-state index contributed by atoms with van der Waals surface area (Å²) in [6.45, 7) is 3.16. The molecule has 0 bridgehead atoms. The lowest BCUT2D eigenvalue weighted by Gasteiger charge is -2.31. The highest BCUT2D eigenvalue weighted by molar-refractivity contribution is 5.45. The van der Waals surface area contributed by atoms with Crippen molar-refractivity contribution in [1.82, 2.24) is 34.5 Å². The molecule has 2 aliphatic rings. The molecule has 8 heteroatoms. The van der Waals surface area contributed by atoms with Crippen LogP contribution in [-0.2, 0) is 26.4 Å². The van der Waals surface area contributed by atoms with E-state index in [1.165, 1.54) is 29.8 Å². The third-order valence-corrected chi connectivity index (χ3v) is 6.26. The predicted octanol–water partition coefficient (Wildman–Crippen LogP) is 1.79. The van der Waals surface area contributed by atoms with Crippen LogP contribution in [0.25, 0.3) is 5.65 Å². The molecule has 0 atom stereocenters. The number of aryl methyl sites for hydroxylation is 2. The monoisotopic (exact) mass is 380 g/mol. The first kappa shape index (κ1) is 17.6. The van der Waals surface area contributed by atoms with Gasteiger partial charge in [-0.3, -0.25) is 9.58 Å². The van der Waals surface area contributed by atoms with E-state index in [1.807, 2.05) is 35.6 Å². The van der Waals surface area contributed by atoms with Crippen molar-refractivity contribution < 1.29 is 0 Å². The Balaban J connectivity index is 1.30. The highest BCUT2D eigenvalue weighted by Crippen LogP contribution is 2.30. The van der Waals surface area contributed by atoms with Gasteiger partial charge in [0.15, 0.2) is 11.5 Å². The third-order valence-electron chi connectivity index (χ3n) is 6.26. The number of likely N-dealkylation sites (tertiary alicyclic amines) is 1. The largest absolute Gasteiger partial charge is 0.361 e. The molecule has 148 valence electrons. The first-order valence-corrected chi connectivity index (χ1v) is 10.3. The average molecular weight is 381 g/mol. The van der Waals surface area contributed by atoms with E-state index in [4.69, 9.17) is 10.2 Å². The first-order valence-electron chi connectivity index (χ1n) is 10.3. The summed E-state index contributed by atoms with van der Waals surface area (Å²) in [6, 6.07) is 3.99. The van der Waals surface area contributed by atoms with E-state index in [1.54, 1.807) is 0 Å². The summed E-state index contributed by atoms with van der Waals surface area (Å²) in [5.41, 5.74) is 5.07. The normalized spacial score (nSPS) is 18.1. The van der Waals surface area contributed by atoms with Gasteiger partial charge in [-0.05, 0) is 62.9 Å². The average Bonchev–Trinajstić information content (AvgIpc) is 3.38. The molecule has 1 aliphatic carbocycles. The second-order valence-corrected chi connectivity index (χ2v) is 8.31.